The van der Waals surface area contributed by atoms with Crippen LogP contribution < -0.4 is 59.1 Å². The van der Waals surface area contributed by atoms with E-state index >= 15 is 0 Å². The summed E-state index contributed by atoms with van der Waals surface area (Å²) in [4.78, 5) is 0. The molecule has 0 saturated heterocycles. The number of hydrogen-bond acceptors (Lipinski definition) is 8. The van der Waals surface area contributed by atoms with Crippen LogP contribution in [0.3, 0.4) is 0 Å². The topological polar surface area (TPSA) is 133 Å². The molecule has 0 fully saturated rings. The zero-order chi connectivity index (χ0) is 27.4. The van der Waals surface area contributed by atoms with Gasteiger partial charge in [-0.05, 0) is 12.8 Å². The Morgan fingerprint density at radius 1 is 0.395 bits per heavy atom. The Labute approximate surface area is 280 Å². The van der Waals surface area contributed by atoms with Crippen LogP contribution in [-0.2, 0) is 29.2 Å². The van der Waals surface area contributed by atoms with E-state index in [0.29, 0.717) is 12.8 Å². The first-order valence-corrected chi connectivity index (χ1v) is 17.0. The van der Waals surface area contributed by atoms with Gasteiger partial charge in [0, 0.05) is 0 Å². The standard InChI is InChI=1S/C18H38O4S.C8H18O4S.2Na/c1-2-3-4-5-6-7-8-9-10-11-12-13-14-15-16-17-18-22-23(19,20)21;1-2-3-4-5-6-7-8-12-13(9,10)11;;/h2-18H2,1H3,(H,19,20,21);2-8H2,1H3,(H,9,10,11);;/q;;2*+1/p-2. The second-order valence-corrected chi connectivity index (χ2v) is 11.6. The van der Waals surface area contributed by atoms with Crippen LogP contribution in [0.2, 0.25) is 0 Å². The van der Waals surface area contributed by atoms with Crippen molar-refractivity contribution < 1.29 is 93.4 Å². The van der Waals surface area contributed by atoms with Gasteiger partial charge in [0.1, 0.15) is 0 Å². The molecular formula is C26H54Na2O8S2. The largest absolute Gasteiger partial charge is 1.00 e. The van der Waals surface area contributed by atoms with E-state index in [-0.39, 0.29) is 72.3 Å². The van der Waals surface area contributed by atoms with E-state index < -0.39 is 20.8 Å². The molecule has 0 aromatic heterocycles. The normalized spacial score (nSPS) is 11.3. The molecule has 0 radical (unpaired) electrons. The van der Waals surface area contributed by atoms with Crippen molar-refractivity contribution in [3.05, 3.63) is 0 Å². The summed E-state index contributed by atoms with van der Waals surface area (Å²) in [5.74, 6) is 0. The van der Waals surface area contributed by atoms with Crippen LogP contribution in [0.25, 0.3) is 0 Å². The van der Waals surface area contributed by atoms with Gasteiger partial charge in [-0.15, -0.1) is 0 Å². The number of unbranched alkanes of at least 4 members (excludes halogenated alkanes) is 20. The average molecular weight is 605 g/mol. The fraction of sp³-hybridized carbons (Fsp3) is 1.00. The SMILES string of the molecule is CCCCCCCCCCCCCCCCCCOS(=O)(=O)[O-].CCCCCCCCOS(=O)(=O)[O-].[Na+].[Na+]. The zero-order valence-corrected chi connectivity index (χ0v) is 30.7. The number of hydrogen-bond donors (Lipinski definition) is 0. The molecule has 0 saturated carbocycles. The van der Waals surface area contributed by atoms with Gasteiger partial charge in [-0.25, -0.2) is 16.8 Å². The molecule has 0 bridgehead atoms. The molecule has 38 heavy (non-hydrogen) atoms. The van der Waals surface area contributed by atoms with Crippen LogP contribution in [0, 0.1) is 0 Å². The van der Waals surface area contributed by atoms with Crippen LogP contribution >= 0.6 is 0 Å². The van der Waals surface area contributed by atoms with Crippen LogP contribution in [0.1, 0.15) is 155 Å². The minimum absolute atomic E-state index is 0. The first-order valence-electron chi connectivity index (χ1n) is 14.3. The van der Waals surface area contributed by atoms with Crippen LogP contribution in [0.5, 0.6) is 0 Å². The fourth-order valence-electron chi connectivity index (χ4n) is 3.85. The van der Waals surface area contributed by atoms with Crippen molar-refractivity contribution in [2.24, 2.45) is 0 Å². The van der Waals surface area contributed by atoms with Crippen LogP contribution in [0.4, 0.5) is 0 Å². The van der Waals surface area contributed by atoms with E-state index in [4.69, 9.17) is 0 Å². The summed E-state index contributed by atoms with van der Waals surface area (Å²) in [6.07, 6.45) is 26.5. The summed E-state index contributed by atoms with van der Waals surface area (Å²) in [6.45, 7) is 4.45. The zero-order valence-electron chi connectivity index (χ0n) is 25.1. The monoisotopic (exact) mass is 604 g/mol. The van der Waals surface area contributed by atoms with E-state index in [2.05, 4.69) is 22.2 Å². The molecule has 0 aliphatic carbocycles. The van der Waals surface area contributed by atoms with Gasteiger partial charge in [-0.1, -0.05) is 142 Å². The molecule has 0 amide bonds. The van der Waals surface area contributed by atoms with Gasteiger partial charge in [0.05, 0.1) is 13.2 Å². The minimum Gasteiger partial charge on any atom is -0.726 e. The second kappa shape index (κ2) is 34.9. The van der Waals surface area contributed by atoms with Gasteiger partial charge in [0.2, 0.25) is 20.8 Å². The third kappa shape index (κ3) is 50.6. The summed E-state index contributed by atoms with van der Waals surface area (Å²) < 4.78 is 68.8. The van der Waals surface area contributed by atoms with Gasteiger partial charge < -0.3 is 9.11 Å². The van der Waals surface area contributed by atoms with Gasteiger partial charge >= 0.3 is 59.1 Å². The van der Waals surface area contributed by atoms with E-state index in [1.807, 2.05) is 0 Å². The molecule has 0 heterocycles. The molecule has 8 nitrogen and oxygen atoms in total. The molecule has 220 valence electrons. The van der Waals surface area contributed by atoms with Crippen LogP contribution in [0.15, 0.2) is 0 Å². The van der Waals surface area contributed by atoms with Gasteiger partial charge in [0.25, 0.3) is 0 Å². The third-order valence-electron chi connectivity index (χ3n) is 5.95. The van der Waals surface area contributed by atoms with E-state index in [9.17, 15) is 25.9 Å². The Hall–Kier alpha value is 1.74. The molecule has 0 atom stereocenters. The molecular weight excluding hydrogens is 550 g/mol. The number of rotatable bonds is 26. The average Bonchev–Trinajstić information content (AvgIpc) is 2.79. The molecule has 0 spiro atoms. The maximum Gasteiger partial charge on any atom is 1.00 e. The molecule has 0 aromatic rings. The minimum atomic E-state index is -4.49. The second-order valence-electron chi connectivity index (χ2n) is 9.53. The molecule has 0 rings (SSSR count). The molecule has 0 aliphatic rings. The van der Waals surface area contributed by atoms with Gasteiger partial charge in [-0.2, -0.15) is 0 Å². The first kappa shape index (κ1) is 46.7. The predicted octanol–water partition coefficient (Wildman–Crippen LogP) is 1.56. The Balaban J connectivity index is -0.000000331. The smallest absolute Gasteiger partial charge is 0.726 e. The molecule has 12 heteroatoms. The Kier molecular flexibility index (Phi) is 42.9. The quantitative estimate of drug-likeness (QED) is 0.0629. The van der Waals surface area contributed by atoms with Crippen molar-refractivity contribution in [1.82, 2.24) is 0 Å². The van der Waals surface area contributed by atoms with Gasteiger partial charge in [-0.3, -0.25) is 8.37 Å². The van der Waals surface area contributed by atoms with Crippen molar-refractivity contribution in [2.75, 3.05) is 13.2 Å². The summed E-state index contributed by atoms with van der Waals surface area (Å²) in [6, 6.07) is 0. The third-order valence-corrected chi connectivity index (χ3v) is 6.86. The fourth-order valence-corrected chi connectivity index (χ4v) is 4.50. The summed E-state index contributed by atoms with van der Waals surface area (Å²) in [7, 11) is -8.97. The van der Waals surface area contributed by atoms with Crippen molar-refractivity contribution in [1.29, 1.82) is 0 Å². The maximum absolute atomic E-state index is 10.2. The summed E-state index contributed by atoms with van der Waals surface area (Å²) >= 11 is 0. The predicted molar refractivity (Wildman–Crippen MR) is 144 cm³/mol. The Morgan fingerprint density at radius 2 is 0.579 bits per heavy atom. The van der Waals surface area contributed by atoms with Crippen LogP contribution in [-0.4, -0.2) is 39.2 Å². The van der Waals surface area contributed by atoms with Crippen molar-refractivity contribution in [3.63, 3.8) is 0 Å². The molecule has 0 aliphatic heterocycles. The molecule has 0 unspecified atom stereocenters. The van der Waals surface area contributed by atoms with Gasteiger partial charge in [0.15, 0.2) is 0 Å². The van der Waals surface area contributed by atoms with E-state index in [1.54, 1.807) is 0 Å². The van der Waals surface area contributed by atoms with Crippen molar-refractivity contribution in [3.8, 4) is 0 Å². The van der Waals surface area contributed by atoms with Crippen molar-refractivity contribution >= 4 is 20.8 Å². The summed E-state index contributed by atoms with van der Waals surface area (Å²) in [5.41, 5.74) is 0. The molecule has 0 aromatic carbocycles. The molecule has 0 N–H and O–H groups in total. The maximum atomic E-state index is 10.2. The summed E-state index contributed by atoms with van der Waals surface area (Å²) in [5, 5.41) is 0. The van der Waals surface area contributed by atoms with E-state index in [1.165, 1.54) is 103 Å². The Morgan fingerprint density at radius 3 is 0.763 bits per heavy atom. The Bertz CT molecular complexity index is 648. The van der Waals surface area contributed by atoms with E-state index in [0.717, 1.165) is 25.7 Å². The van der Waals surface area contributed by atoms with Crippen molar-refractivity contribution in [2.45, 2.75) is 155 Å². The first-order chi connectivity index (χ1) is 17.1.